The molecule has 3 aromatic heterocycles. The number of nitrogens with zero attached hydrogens (tertiary/aromatic N) is 5. The summed E-state index contributed by atoms with van der Waals surface area (Å²) in [6.45, 7) is 1.90. The number of rotatable bonds is 1. The Hall–Kier alpha value is -2.50. The molecule has 0 saturated carbocycles. The molecule has 84 valence electrons. The van der Waals surface area contributed by atoms with E-state index in [1.165, 1.54) is 6.33 Å². The molecule has 2 N–H and O–H groups in total. The Kier molecular flexibility index (Phi) is 2.01. The first kappa shape index (κ1) is 9.71. The molecule has 0 saturated heterocycles. The van der Waals surface area contributed by atoms with Crippen molar-refractivity contribution < 1.29 is 0 Å². The maximum Gasteiger partial charge on any atom is 0.166 e. The highest BCUT2D eigenvalue weighted by molar-refractivity contribution is 5.84. The number of anilines is 1. The summed E-state index contributed by atoms with van der Waals surface area (Å²) < 4.78 is 1.64. The van der Waals surface area contributed by atoms with E-state index in [9.17, 15) is 0 Å². The summed E-state index contributed by atoms with van der Waals surface area (Å²) >= 11 is 0. The van der Waals surface area contributed by atoms with E-state index in [4.69, 9.17) is 5.73 Å². The molecular formula is C11H10N6. The van der Waals surface area contributed by atoms with Gasteiger partial charge in [0.2, 0.25) is 0 Å². The maximum atomic E-state index is 5.90. The summed E-state index contributed by atoms with van der Waals surface area (Å²) in [7, 11) is 0. The number of fused-ring (bicyclic) bond motifs is 1. The molecule has 0 amide bonds. The lowest BCUT2D eigenvalue weighted by atomic mass is 10.2. The highest BCUT2D eigenvalue weighted by atomic mass is 15.3. The predicted octanol–water partition coefficient (Wildman–Crippen LogP) is 1.08. The molecule has 0 aromatic carbocycles. The van der Waals surface area contributed by atoms with Crippen molar-refractivity contribution in [3.8, 4) is 11.3 Å². The van der Waals surface area contributed by atoms with Crippen molar-refractivity contribution in [2.75, 3.05) is 5.73 Å². The Labute approximate surface area is 97.2 Å². The van der Waals surface area contributed by atoms with E-state index in [2.05, 4.69) is 20.1 Å². The Bertz CT molecular complexity index is 687. The SMILES string of the molecule is Cc1cc(-c2c(N)nn3cccnc23)ncn1. The minimum atomic E-state index is 0.418. The molecule has 17 heavy (non-hydrogen) atoms. The summed E-state index contributed by atoms with van der Waals surface area (Å²) in [5, 5.41) is 4.19. The molecular weight excluding hydrogens is 216 g/mol. The molecule has 0 fully saturated rings. The normalized spacial score (nSPS) is 10.9. The van der Waals surface area contributed by atoms with Crippen LogP contribution in [0.1, 0.15) is 5.69 Å². The Morgan fingerprint density at radius 2 is 2.12 bits per heavy atom. The summed E-state index contributed by atoms with van der Waals surface area (Å²) in [6.07, 6.45) is 5.01. The zero-order valence-corrected chi connectivity index (χ0v) is 9.20. The van der Waals surface area contributed by atoms with Gasteiger partial charge in [-0.15, -0.1) is 5.10 Å². The minimum Gasteiger partial charge on any atom is -0.382 e. The summed E-state index contributed by atoms with van der Waals surface area (Å²) in [5.74, 6) is 0.418. The van der Waals surface area contributed by atoms with E-state index >= 15 is 0 Å². The third-order valence-corrected chi connectivity index (χ3v) is 2.48. The predicted molar refractivity (Wildman–Crippen MR) is 63.2 cm³/mol. The van der Waals surface area contributed by atoms with Crippen molar-refractivity contribution in [1.29, 1.82) is 0 Å². The average Bonchev–Trinajstić information content (AvgIpc) is 2.64. The zero-order chi connectivity index (χ0) is 11.8. The summed E-state index contributed by atoms with van der Waals surface area (Å²) in [6, 6.07) is 3.66. The molecule has 3 rings (SSSR count). The maximum absolute atomic E-state index is 5.90. The van der Waals surface area contributed by atoms with Crippen molar-refractivity contribution in [1.82, 2.24) is 24.6 Å². The Morgan fingerprint density at radius 3 is 2.94 bits per heavy atom. The van der Waals surface area contributed by atoms with Crippen LogP contribution in [0.2, 0.25) is 0 Å². The number of nitrogens with two attached hydrogens (primary N) is 1. The lowest BCUT2D eigenvalue weighted by molar-refractivity contribution is 0.945. The second kappa shape index (κ2) is 3.51. The van der Waals surface area contributed by atoms with Gasteiger partial charge >= 0.3 is 0 Å². The van der Waals surface area contributed by atoms with Gasteiger partial charge in [0.25, 0.3) is 0 Å². The van der Waals surface area contributed by atoms with Gasteiger partial charge in [-0.25, -0.2) is 19.5 Å². The third kappa shape index (κ3) is 1.50. The Balaban J connectivity index is 2.33. The van der Waals surface area contributed by atoms with Gasteiger partial charge in [0.05, 0.1) is 11.3 Å². The molecule has 0 aliphatic carbocycles. The standard InChI is InChI=1S/C11H10N6/c1-7-5-8(15-6-14-7)9-10(12)16-17-4-2-3-13-11(9)17/h2-6H,1H3,(H2,12,16). The molecule has 3 aromatic rings. The fourth-order valence-electron chi connectivity index (χ4n) is 1.74. The fourth-order valence-corrected chi connectivity index (χ4v) is 1.74. The van der Waals surface area contributed by atoms with E-state index in [0.717, 1.165) is 17.0 Å². The first-order valence-electron chi connectivity index (χ1n) is 5.13. The van der Waals surface area contributed by atoms with Gasteiger partial charge in [-0.1, -0.05) is 0 Å². The second-order valence-corrected chi connectivity index (χ2v) is 3.69. The molecule has 6 nitrogen and oxygen atoms in total. The van der Waals surface area contributed by atoms with Gasteiger partial charge < -0.3 is 5.73 Å². The van der Waals surface area contributed by atoms with Crippen molar-refractivity contribution >= 4 is 11.5 Å². The van der Waals surface area contributed by atoms with Crippen LogP contribution in [-0.4, -0.2) is 24.6 Å². The number of aryl methyl sites for hydroxylation is 1. The highest BCUT2D eigenvalue weighted by Gasteiger charge is 2.14. The molecule has 0 aliphatic heterocycles. The van der Waals surface area contributed by atoms with Crippen LogP contribution in [0.15, 0.2) is 30.9 Å². The number of nitrogen functional groups attached to an aromatic ring is 1. The molecule has 3 heterocycles. The van der Waals surface area contributed by atoms with Crippen molar-refractivity contribution in [2.24, 2.45) is 0 Å². The van der Waals surface area contributed by atoms with E-state index in [1.54, 1.807) is 23.0 Å². The monoisotopic (exact) mass is 226 g/mol. The fraction of sp³-hybridized carbons (Fsp3) is 0.0909. The largest absolute Gasteiger partial charge is 0.382 e. The molecule has 0 atom stereocenters. The highest BCUT2D eigenvalue weighted by Crippen LogP contribution is 2.26. The van der Waals surface area contributed by atoms with Gasteiger partial charge in [-0.2, -0.15) is 0 Å². The van der Waals surface area contributed by atoms with Crippen molar-refractivity contribution in [3.05, 3.63) is 36.5 Å². The van der Waals surface area contributed by atoms with Crippen LogP contribution in [0.3, 0.4) is 0 Å². The lowest BCUT2D eigenvalue weighted by Crippen LogP contribution is -1.92. The molecule has 0 spiro atoms. The number of aromatic nitrogens is 5. The topological polar surface area (TPSA) is 82.0 Å². The number of hydrogen-bond donors (Lipinski definition) is 1. The minimum absolute atomic E-state index is 0.418. The van der Waals surface area contributed by atoms with Crippen LogP contribution in [0.5, 0.6) is 0 Å². The smallest absolute Gasteiger partial charge is 0.166 e. The molecule has 6 heteroatoms. The van der Waals surface area contributed by atoms with Crippen molar-refractivity contribution in [2.45, 2.75) is 6.92 Å². The molecule has 0 radical (unpaired) electrons. The van der Waals surface area contributed by atoms with Crippen LogP contribution in [-0.2, 0) is 0 Å². The van der Waals surface area contributed by atoms with Crippen LogP contribution in [0.25, 0.3) is 16.9 Å². The van der Waals surface area contributed by atoms with Crippen LogP contribution in [0.4, 0.5) is 5.82 Å². The average molecular weight is 226 g/mol. The summed E-state index contributed by atoms with van der Waals surface area (Å²) in [4.78, 5) is 12.5. The van der Waals surface area contributed by atoms with Gasteiger partial charge in [0.15, 0.2) is 11.5 Å². The first-order valence-corrected chi connectivity index (χ1v) is 5.13. The van der Waals surface area contributed by atoms with Gasteiger partial charge in [-0.3, -0.25) is 0 Å². The number of hydrogen-bond acceptors (Lipinski definition) is 5. The van der Waals surface area contributed by atoms with Gasteiger partial charge in [0.1, 0.15) is 6.33 Å². The van der Waals surface area contributed by atoms with Crippen LogP contribution in [0, 0.1) is 6.92 Å². The quantitative estimate of drug-likeness (QED) is 0.671. The van der Waals surface area contributed by atoms with Gasteiger partial charge in [0, 0.05) is 18.1 Å². The van der Waals surface area contributed by atoms with Crippen molar-refractivity contribution in [3.63, 3.8) is 0 Å². The van der Waals surface area contributed by atoms with Crippen LogP contribution < -0.4 is 5.73 Å². The van der Waals surface area contributed by atoms with E-state index in [0.29, 0.717) is 11.5 Å². The van der Waals surface area contributed by atoms with E-state index in [1.807, 2.05) is 13.0 Å². The zero-order valence-electron chi connectivity index (χ0n) is 9.20. The molecule has 0 unspecified atom stereocenters. The van der Waals surface area contributed by atoms with E-state index < -0.39 is 0 Å². The second-order valence-electron chi connectivity index (χ2n) is 3.69. The van der Waals surface area contributed by atoms with Crippen LogP contribution >= 0.6 is 0 Å². The molecule has 0 aliphatic rings. The lowest BCUT2D eigenvalue weighted by Gasteiger charge is -1.99. The van der Waals surface area contributed by atoms with E-state index in [-0.39, 0.29) is 0 Å². The first-order chi connectivity index (χ1) is 8.25. The third-order valence-electron chi connectivity index (χ3n) is 2.48. The summed E-state index contributed by atoms with van der Waals surface area (Å²) in [5.41, 5.74) is 8.97. The van der Waals surface area contributed by atoms with Gasteiger partial charge in [-0.05, 0) is 19.1 Å². The molecule has 0 bridgehead atoms. The Morgan fingerprint density at radius 1 is 1.24 bits per heavy atom.